The van der Waals surface area contributed by atoms with Crippen LogP contribution in [0.3, 0.4) is 0 Å². The molecule has 0 aromatic carbocycles. The average molecular weight is 116 g/mol. The highest BCUT2D eigenvalue weighted by Gasteiger charge is 1.43. The van der Waals surface area contributed by atoms with Crippen molar-refractivity contribution in [3.05, 3.63) is 0 Å². The molecule has 0 unspecified atom stereocenters. The van der Waals surface area contributed by atoms with Gasteiger partial charge >= 0.3 is 0 Å². The molecule has 0 aliphatic rings. The summed E-state index contributed by atoms with van der Waals surface area (Å²) in [5, 5.41) is 0. The van der Waals surface area contributed by atoms with Crippen LogP contribution in [0.15, 0.2) is 0 Å². The Kier molecular flexibility index (Phi) is 31.3. The smallest absolute Gasteiger partial charge is 0.00576 e. The van der Waals surface area contributed by atoms with Crippen LogP contribution in [-0.2, 0) is 0 Å². The highest BCUT2D eigenvalue weighted by atomic mass is 29.1. The Morgan fingerprint density at radius 2 is 1.83 bits per heavy atom. The summed E-state index contributed by atoms with van der Waals surface area (Å²) in [6.07, 6.45) is 5.62. The maximum atomic E-state index is 4.78. The second-order valence-electron chi connectivity index (χ2n) is 0.558. The van der Waals surface area contributed by atoms with E-state index in [1.807, 2.05) is 6.92 Å². The molecule has 0 amide bonds. The van der Waals surface area contributed by atoms with E-state index < -0.39 is 0 Å². The first-order valence-electron chi connectivity index (χ1n) is 2.35. The van der Waals surface area contributed by atoms with E-state index in [1.165, 1.54) is 19.5 Å². The van der Waals surface area contributed by atoms with Crippen molar-refractivity contribution in [3.8, 4) is 12.3 Å². The summed E-state index contributed by atoms with van der Waals surface area (Å²) in [5.74, 6) is 2.43. The molecule has 36 valence electrons. The Morgan fingerprint density at radius 3 is 1.83 bits per heavy atom. The van der Waals surface area contributed by atoms with E-state index in [-0.39, 0.29) is 0 Å². The van der Waals surface area contributed by atoms with Crippen molar-refractivity contribution in [2.45, 2.75) is 13.3 Å². The zero-order valence-corrected chi connectivity index (χ0v) is 8.78. The van der Waals surface area contributed by atoms with Crippen molar-refractivity contribution in [2.24, 2.45) is 0 Å². The van der Waals surface area contributed by atoms with Gasteiger partial charge in [-0.2, -0.15) is 0 Å². The first-order valence-corrected chi connectivity index (χ1v) is 10.3. The molecule has 0 saturated carbocycles. The molecular weight excluding hydrogens is 104 g/mol. The molecule has 6 heavy (non-hydrogen) atoms. The van der Waals surface area contributed by atoms with Gasteiger partial charge in [-0.05, 0) is 19.5 Å². The second kappa shape index (κ2) is 20.0. The van der Waals surface area contributed by atoms with E-state index in [0.717, 1.165) is 6.42 Å². The van der Waals surface area contributed by atoms with Crippen LogP contribution < -0.4 is 0 Å². The molecule has 0 rings (SSSR count). The van der Waals surface area contributed by atoms with E-state index in [4.69, 9.17) is 6.42 Å². The molecule has 0 heterocycles. The van der Waals surface area contributed by atoms with Crippen molar-refractivity contribution in [1.29, 1.82) is 0 Å². The van der Waals surface area contributed by atoms with Crippen molar-refractivity contribution < 1.29 is 0 Å². The summed E-state index contributed by atoms with van der Waals surface area (Å²) in [4.78, 5) is 0. The predicted molar refractivity (Wildman–Crippen MR) is 39.0 cm³/mol. The van der Waals surface area contributed by atoms with Crippen molar-refractivity contribution in [2.75, 3.05) is 0 Å². The van der Waals surface area contributed by atoms with Gasteiger partial charge in [0.05, 0.1) is 0 Å². The van der Waals surface area contributed by atoms with E-state index in [1.54, 1.807) is 0 Å². The van der Waals surface area contributed by atoms with Gasteiger partial charge in [0.2, 0.25) is 0 Å². The highest BCUT2D eigenvalue weighted by Crippen LogP contribution is 1.58. The zero-order valence-electron chi connectivity index (χ0n) is 4.78. The molecule has 0 spiro atoms. The molecule has 0 radical (unpaired) electrons. The molecule has 0 aromatic heterocycles. The monoisotopic (exact) mass is 116 g/mol. The minimum atomic E-state index is 0.847. The minimum Gasteiger partial charge on any atom is -0.120 e. The molecule has 0 fully saturated rings. The molecule has 0 aliphatic carbocycles. The van der Waals surface area contributed by atoms with Gasteiger partial charge in [0, 0.05) is 6.42 Å². The highest BCUT2D eigenvalue weighted by molar-refractivity contribution is 6.75. The lowest BCUT2D eigenvalue weighted by Crippen LogP contribution is -1.38. The van der Waals surface area contributed by atoms with Gasteiger partial charge in [-0.25, -0.2) is 0 Å². The predicted octanol–water partition coefficient (Wildman–Crippen LogP) is -1.34. The summed E-state index contributed by atoms with van der Waals surface area (Å²) < 4.78 is 0. The van der Waals surface area contributed by atoms with Crippen LogP contribution in [0.5, 0.6) is 0 Å². The third kappa shape index (κ3) is 36.2. The third-order valence-electron chi connectivity index (χ3n) is 0.204. The Labute approximate surface area is 46.0 Å². The molecule has 2 heteroatoms. The fourth-order valence-electron chi connectivity index (χ4n) is 0. The van der Waals surface area contributed by atoms with Crippen LogP contribution >= 0.6 is 0 Å². The first kappa shape index (κ1) is 9.37. The SMILES string of the molecule is C#CCC.[SiH3][SiH3]. The van der Waals surface area contributed by atoms with Gasteiger partial charge in [0.15, 0.2) is 0 Å². The summed E-state index contributed by atoms with van der Waals surface area (Å²) in [6.45, 7) is 1.94. The molecule has 0 atom stereocenters. The Balaban J connectivity index is 0. The zero-order chi connectivity index (χ0) is 5.41. The van der Waals surface area contributed by atoms with Crippen LogP contribution in [-0.4, -0.2) is 19.5 Å². The third-order valence-corrected chi connectivity index (χ3v) is 0.204. The maximum Gasteiger partial charge on any atom is 0.00576 e. The lowest BCUT2D eigenvalue weighted by atomic mass is 10.5. The van der Waals surface area contributed by atoms with E-state index in [9.17, 15) is 0 Å². The van der Waals surface area contributed by atoms with Gasteiger partial charge in [0.25, 0.3) is 0 Å². The maximum absolute atomic E-state index is 4.78. The molecule has 0 aromatic rings. The fourth-order valence-corrected chi connectivity index (χ4v) is 0. The number of rotatable bonds is 0. The van der Waals surface area contributed by atoms with Crippen molar-refractivity contribution in [1.82, 2.24) is 0 Å². The van der Waals surface area contributed by atoms with E-state index >= 15 is 0 Å². The molecule has 0 bridgehead atoms. The number of terminal acetylenes is 1. The first-order chi connectivity index (χ1) is 2.91. The van der Waals surface area contributed by atoms with Crippen LogP contribution in [0.4, 0.5) is 0 Å². The van der Waals surface area contributed by atoms with Crippen molar-refractivity contribution >= 4 is 19.5 Å². The Hall–Kier alpha value is -0.00623. The van der Waals surface area contributed by atoms with Crippen molar-refractivity contribution in [3.63, 3.8) is 0 Å². The largest absolute Gasteiger partial charge is 0.120 e. The van der Waals surface area contributed by atoms with Crippen LogP contribution in [0.25, 0.3) is 0 Å². The summed E-state index contributed by atoms with van der Waals surface area (Å²) in [6, 6.07) is 0. The van der Waals surface area contributed by atoms with Gasteiger partial charge in [0.1, 0.15) is 0 Å². The second-order valence-corrected chi connectivity index (χ2v) is 0.558. The van der Waals surface area contributed by atoms with Crippen LogP contribution in [0, 0.1) is 12.3 Å². The van der Waals surface area contributed by atoms with Gasteiger partial charge in [-0.3, -0.25) is 0 Å². The Bertz CT molecular complexity index is 35.3. The standard InChI is InChI=1S/C4H6.H6Si2/c1-3-4-2;1-2/h1H,4H2,2H3;1-2H3. The molecule has 0 N–H and O–H groups in total. The molecule has 0 aliphatic heterocycles. The minimum absolute atomic E-state index is 0.847. The summed E-state index contributed by atoms with van der Waals surface area (Å²) in [7, 11) is 2.89. The summed E-state index contributed by atoms with van der Waals surface area (Å²) >= 11 is 0. The van der Waals surface area contributed by atoms with E-state index in [2.05, 4.69) is 5.92 Å². The fraction of sp³-hybridized carbons (Fsp3) is 0.500. The number of hydrogen-bond donors (Lipinski definition) is 0. The van der Waals surface area contributed by atoms with Gasteiger partial charge < -0.3 is 0 Å². The van der Waals surface area contributed by atoms with Crippen LogP contribution in [0.2, 0.25) is 0 Å². The summed E-state index contributed by atoms with van der Waals surface area (Å²) in [5.41, 5.74) is 0. The Morgan fingerprint density at radius 1 is 1.67 bits per heavy atom. The van der Waals surface area contributed by atoms with Gasteiger partial charge in [-0.15, -0.1) is 12.3 Å². The molecule has 0 nitrogen and oxygen atoms in total. The molecule has 0 saturated heterocycles. The van der Waals surface area contributed by atoms with Crippen LogP contribution in [0.1, 0.15) is 13.3 Å². The quantitative estimate of drug-likeness (QED) is 0.271. The normalized spacial score (nSPS) is 5.33. The number of hydrogen-bond acceptors (Lipinski definition) is 0. The van der Waals surface area contributed by atoms with E-state index in [0.29, 0.717) is 0 Å². The molecular formula is C4H12Si2. The average Bonchev–Trinajstić information content (AvgIpc) is 1.72. The lowest BCUT2D eigenvalue weighted by molar-refractivity contribution is 1.28. The topological polar surface area (TPSA) is 0 Å². The van der Waals surface area contributed by atoms with Gasteiger partial charge in [-0.1, -0.05) is 6.92 Å². The lowest BCUT2D eigenvalue weighted by Gasteiger charge is -1.52.